The van der Waals surface area contributed by atoms with E-state index in [0.29, 0.717) is 17.5 Å². The van der Waals surface area contributed by atoms with E-state index in [1.807, 2.05) is 72.8 Å². The van der Waals surface area contributed by atoms with Crippen LogP contribution in [0.4, 0.5) is 0 Å². The average molecular weight is 887 g/mol. The fourth-order valence-electron chi connectivity index (χ4n) is 7.23. The third-order valence-corrected chi connectivity index (χ3v) is 9.67. The maximum Gasteiger partial charge on any atom is 2.00 e. The Labute approximate surface area is 324 Å². The molecule has 0 aliphatic rings. The number of rotatable bonds is 5. The van der Waals surface area contributed by atoms with Gasteiger partial charge in [-0.3, -0.25) is 0 Å². The Hall–Kier alpha value is -5.86. The molecule has 0 spiro atoms. The maximum atomic E-state index is 5.01. The van der Waals surface area contributed by atoms with Crippen LogP contribution in [0.15, 0.2) is 170 Å². The second kappa shape index (κ2) is 13.4. The molecule has 10 aromatic rings. The molecule has 0 saturated heterocycles. The number of fused-ring (bicyclic) bond motifs is 7. The van der Waals surface area contributed by atoms with E-state index in [2.05, 4.69) is 114 Å². The molecule has 0 atom stereocenters. The van der Waals surface area contributed by atoms with Crippen LogP contribution in [-0.2, 0) is 0 Å². The molecule has 0 aliphatic heterocycles. The van der Waals surface area contributed by atoms with E-state index in [1.165, 1.54) is 43.4 Å². The van der Waals surface area contributed by atoms with Crippen LogP contribution in [0.25, 0.3) is 94.3 Å². The van der Waals surface area contributed by atoms with Crippen molar-refractivity contribution in [2.45, 2.75) is 0 Å². The Bertz CT molecular complexity index is 2790. The minimum absolute atomic E-state index is 0. The zero-order valence-corrected chi connectivity index (χ0v) is 32.1. The first-order valence-corrected chi connectivity index (χ1v) is 17.0. The summed E-state index contributed by atoms with van der Waals surface area (Å²) in [4.78, 5) is 14.9. The van der Waals surface area contributed by atoms with Crippen molar-refractivity contribution in [2.24, 2.45) is 0 Å². The van der Waals surface area contributed by atoms with Gasteiger partial charge in [0, 0.05) is 27.6 Å². The molecular weight excluding hydrogens is 859 g/mol. The van der Waals surface area contributed by atoms with Crippen LogP contribution in [0, 0.1) is 43.2 Å². The van der Waals surface area contributed by atoms with E-state index in [0.717, 1.165) is 33.5 Å². The Balaban J connectivity index is 0.00000360. The van der Waals surface area contributed by atoms with Crippen molar-refractivity contribution < 1.29 is 31.1 Å². The molecule has 2 aromatic heterocycles. The monoisotopic (exact) mass is 886 g/mol. The second-order valence-corrected chi connectivity index (χ2v) is 12.7. The van der Waals surface area contributed by atoms with E-state index < -0.39 is 0 Å². The normalized spacial score (nSPS) is 11.3. The predicted molar refractivity (Wildman–Crippen MR) is 209 cm³/mol. The fraction of sp³-hybridized carbons (Fsp3) is 0. The first kappa shape index (κ1) is 32.1. The minimum Gasteiger partial charge on any atom is -0.309 e. The van der Waals surface area contributed by atoms with Crippen LogP contribution >= 0.6 is 0 Å². The van der Waals surface area contributed by atoms with Crippen molar-refractivity contribution in [3.8, 4) is 51.0 Å². The molecule has 0 aliphatic carbocycles. The number of benzene rings is 8. The summed E-state index contributed by atoms with van der Waals surface area (Å²) in [6.45, 7) is 0. The topological polar surface area (TPSA) is 43.6 Å². The summed E-state index contributed by atoms with van der Waals surface area (Å²) in [6.07, 6.45) is 0. The first-order chi connectivity index (χ1) is 25.3. The van der Waals surface area contributed by atoms with Crippen molar-refractivity contribution in [1.29, 1.82) is 0 Å². The summed E-state index contributed by atoms with van der Waals surface area (Å²) >= 11 is 0. The Kier molecular flexibility index (Phi) is 8.24. The summed E-state index contributed by atoms with van der Waals surface area (Å²) in [5.74, 6) is 1.84. The van der Waals surface area contributed by atoms with Crippen LogP contribution in [0.3, 0.4) is 0 Å². The van der Waals surface area contributed by atoms with Crippen LogP contribution in [0.5, 0.6) is 0 Å². The molecule has 0 amide bonds. The molecule has 0 saturated carbocycles. The molecular formula is C47H28N4U. The third kappa shape index (κ3) is 5.51. The molecule has 8 aromatic carbocycles. The molecule has 0 unspecified atom stereocenters. The van der Waals surface area contributed by atoms with Crippen LogP contribution in [-0.4, -0.2) is 19.5 Å². The van der Waals surface area contributed by atoms with Gasteiger partial charge in [-0.1, -0.05) is 96.6 Å². The van der Waals surface area contributed by atoms with Gasteiger partial charge in [-0.15, -0.1) is 18.2 Å². The molecule has 2 heterocycles. The fourth-order valence-corrected chi connectivity index (χ4v) is 7.23. The number of hydrogen-bond donors (Lipinski definition) is 0. The summed E-state index contributed by atoms with van der Waals surface area (Å²) in [6, 6.07) is 65.6. The standard InChI is InChI=1S/C47H28N4.U/c1-3-11-31(12-4-1)32-19-21-36(22-20-32)46-48-45(35-15-5-2-6-16-35)49-47(50-46)37-23-27-38(28-24-37)51-41-29-25-33-13-7-9-17-39(33)43(41)44-40-18-10-8-14-34(40)26-30-42(44)51;/h1-11,13-19,21-30H;/q-2;+2. The van der Waals surface area contributed by atoms with E-state index >= 15 is 0 Å². The van der Waals surface area contributed by atoms with Crippen LogP contribution in [0.1, 0.15) is 0 Å². The van der Waals surface area contributed by atoms with Gasteiger partial charge in [0.05, 0.1) is 11.0 Å². The smallest absolute Gasteiger partial charge is 0.309 e. The zero-order valence-electron chi connectivity index (χ0n) is 28.0. The number of aromatic nitrogens is 4. The molecule has 52 heavy (non-hydrogen) atoms. The summed E-state index contributed by atoms with van der Waals surface area (Å²) < 4.78 is 2.38. The SMILES string of the molecule is [U+2].[c-]1ccccc1-c1[c-]cc(-c2nc(-c3ccccc3)nc(-c3ccc(-n4c5ccc6ccccc6c5c5c6ccccc6ccc54)cc3)n2)cc1. The number of hydrogen-bond acceptors (Lipinski definition) is 3. The maximum absolute atomic E-state index is 5.01. The van der Waals surface area contributed by atoms with Crippen molar-refractivity contribution in [3.63, 3.8) is 0 Å². The molecule has 0 radical (unpaired) electrons. The van der Waals surface area contributed by atoms with Gasteiger partial charge < -0.3 is 4.57 Å². The van der Waals surface area contributed by atoms with Gasteiger partial charge in [0.15, 0.2) is 11.6 Å². The Morgan fingerprint density at radius 1 is 0.404 bits per heavy atom. The van der Waals surface area contributed by atoms with E-state index in [1.54, 1.807) is 0 Å². The van der Waals surface area contributed by atoms with Gasteiger partial charge >= 0.3 is 31.1 Å². The summed E-state index contributed by atoms with van der Waals surface area (Å²) in [7, 11) is 0. The van der Waals surface area contributed by atoms with Gasteiger partial charge in [-0.25, -0.2) is 26.1 Å². The minimum atomic E-state index is 0. The molecule has 0 N–H and O–H groups in total. The summed E-state index contributed by atoms with van der Waals surface area (Å²) in [5.41, 5.74) is 8.11. The van der Waals surface area contributed by atoms with Gasteiger partial charge in [-0.05, 0) is 57.9 Å². The van der Waals surface area contributed by atoms with Crippen molar-refractivity contribution in [2.75, 3.05) is 0 Å². The molecule has 10 rings (SSSR count). The molecule has 240 valence electrons. The molecule has 5 heteroatoms. The zero-order chi connectivity index (χ0) is 33.7. The van der Waals surface area contributed by atoms with Crippen molar-refractivity contribution >= 4 is 43.4 Å². The largest absolute Gasteiger partial charge is 2.00 e. The quantitative estimate of drug-likeness (QED) is 0.162. The van der Waals surface area contributed by atoms with E-state index in [-0.39, 0.29) is 31.1 Å². The first-order valence-electron chi connectivity index (χ1n) is 17.0. The predicted octanol–water partition coefficient (Wildman–Crippen LogP) is 11.5. The van der Waals surface area contributed by atoms with Gasteiger partial charge in [0.1, 0.15) is 5.82 Å². The van der Waals surface area contributed by atoms with Crippen molar-refractivity contribution in [1.82, 2.24) is 19.5 Å². The molecule has 0 fully saturated rings. The molecule has 0 bridgehead atoms. The van der Waals surface area contributed by atoms with Gasteiger partial charge in [-0.2, -0.15) is 36.4 Å². The summed E-state index contributed by atoms with van der Waals surface area (Å²) in [5, 5.41) is 7.52. The third-order valence-electron chi connectivity index (χ3n) is 9.67. The average Bonchev–Trinajstić information content (AvgIpc) is 3.57. The van der Waals surface area contributed by atoms with Crippen LogP contribution in [0.2, 0.25) is 0 Å². The van der Waals surface area contributed by atoms with Gasteiger partial charge in [0.25, 0.3) is 0 Å². The van der Waals surface area contributed by atoms with Crippen molar-refractivity contribution in [3.05, 3.63) is 182 Å². The Morgan fingerprint density at radius 2 is 0.923 bits per heavy atom. The van der Waals surface area contributed by atoms with E-state index in [4.69, 9.17) is 15.0 Å². The molecule has 4 nitrogen and oxygen atoms in total. The van der Waals surface area contributed by atoms with E-state index in [9.17, 15) is 0 Å². The Morgan fingerprint density at radius 3 is 1.50 bits per heavy atom. The van der Waals surface area contributed by atoms with Gasteiger partial charge in [0.2, 0.25) is 0 Å². The van der Waals surface area contributed by atoms with Crippen LogP contribution < -0.4 is 0 Å². The second-order valence-electron chi connectivity index (χ2n) is 12.7. The number of nitrogens with zero attached hydrogens (tertiary/aromatic N) is 4.